The molecule has 7 heteroatoms. The fourth-order valence-electron chi connectivity index (χ4n) is 4.13. The van der Waals surface area contributed by atoms with Crippen molar-refractivity contribution in [3.8, 4) is 11.1 Å². The Morgan fingerprint density at radius 2 is 1.65 bits per heavy atom. The SMILES string of the molecule is C[C@@H](CC(=O)NCC1(C(=O)O)CC1)NC(=O)OCC1c2ccccc2-c2ccccc21. The number of amides is 2. The van der Waals surface area contributed by atoms with Gasteiger partial charge in [-0.1, -0.05) is 48.5 Å². The highest BCUT2D eigenvalue weighted by Crippen LogP contribution is 2.45. The van der Waals surface area contributed by atoms with Crippen molar-refractivity contribution >= 4 is 18.0 Å². The summed E-state index contributed by atoms with van der Waals surface area (Å²) in [7, 11) is 0. The Hall–Kier alpha value is -3.35. The molecule has 3 N–H and O–H groups in total. The van der Waals surface area contributed by atoms with E-state index in [0.29, 0.717) is 12.8 Å². The van der Waals surface area contributed by atoms with E-state index in [1.54, 1.807) is 6.92 Å². The van der Waals surface area contributed by atoms with Crippen LogP contribution >= 0.6 is 0 Å². The van der Waals surface area contributed by atoms with Gasteiger partial charge in [-0.2, -0.15) is 0 Å². The lowest BCUT2D eigenvalue weighted by Crippen LogP contribution is -2.40. The third-order valence-corrected chi connectivity index (χ3v) is 6.13. The molecule has 0 bridgehead atoms. The normalized spacial score (nSPS) is 16.5. The molecular formula is C24H26N2O5. The number of aliphatic carboxylic acids is 1. The molecule has 1 atom stereocenters. The molecule has 1 fully saturated rings. The van der Waals surface area contributed by atoms with Crippen molar-refractivity contribution in [2.45, 2.75) is 38.1 Å². The van der Waals surface area contributed by atoms with Gasteiger partial charge < -0.3 is 20.5 Å². The number of benzene rings is 2. The van der Waals surface area contributed by atoms with Crippen LogP contribution in [0.1, 0.15) is 43.2 Å². The molecule has 7 nitrogen and oxygen atoms in total. The van der Waals surface area contributed by atoms with Crippen LogP contribution in [0.2, 0.25) is 0 Å². The zero-order valence-electron chi connectivity index (χ0n) is 17.4. The number of hydrogen-bond donors (Lipinski definition) is 3. The first kappa shape index (κ1) is 20.9. The van der Waals surface area contributed by atoms with E-state index in [2.05, 4.69) is 34.9 Å². The maximum absolute atomic E-state index is 12.3. The van der Waals surface area contributed by atoms with Gasteiger partial charge in [-0.25, -0.2) is 4.79 Å². The fourth-order valence-corrected chi connectivity index (χ4v) is 4.13. The summed E-state index contributed by atoms with van der Waals surface area (Å²) in [4.78, 5) is 35.5. The summed E-state index contributed by atoms with van der Waals surface area (Å²) in [5.41, 5.74) is 3.78. The van der Waals surface area contributed by atoms with Crippen LogP contribution in [0.5, 0.6) is 0 Å². The average molecular weight is 422 g/mol. The molecule has 0 unspecified atom stereocenters. The topological polar surface area (TPSA) is 105 Å². The van der Waals surface area contributed by atoms with E-state index in [-0.39, 0.29) is 31.4 Å². The summed E-state index contributed by atoms with van der Waals surface area (Å²) in [6.07, 6.45) is 0.637. The third kappa shape index (κ3) is 4.40. The second kappa shape index (κ2) is 8.41. The zero-order valence-corrected chi connectivity index (χ0v) is 17.4. The predicted molar refractivity (Wildman–Crippen MR) is 115 cm³/mol. The van der Waals surface area contributed by atoms with Crippen LogP contribution < -0.4 is 10.6 Å². The van der Waals surface area contributed by atoms with Crippen LogP contribution in [0.4, 0.5) is 4.79 Å². The number of nitrogens with one attached hydrogen (secondary N) is 2. The van der Waals surface area contributed by atoms with E-state index in [1.807, 2.05) is 24.3 Å². The van der Waals surface area contributed by atoms with Crippen molar-refractivity contribution in [1.82, 2.24) is 10.6 Å². The summed E-state index contributed by atoms with van der Waals surface area (Å²) in [5.74, 6) is -1.20. The Morgan fingerprint density at radius 1 is 1.06 bits per heavy atom. The Balaban J connectivity index is 1.27. The molecule has 0 aromatic heterocycles. The maximum atomic E-state index is 12.3. The molecule has 0 aliphatic heterocycles. The Morgan fingerprint density at radius 3 is 2.19 bits per heavy atom. The quantitative estimate of drug-likeness (QED) is 0.606. The third-order valence-electron chi connectivity index (χ3n) is 6.13. The molecule has 0 radical (unpaired) electrons. The van der Waals surface area contributed by atoms with E-state index in [0.717, 1.165) is 22.3 Å². The number of alkyl carbamates (subject to hydrolysis) is 1. The number of hydrogen-bond acceptors (Lipinski definition) is 4. The summed E-state index contributed by atoms with van der Waals surface area (Å²) in [6.45, 7) is 2.05. The summed E-state index contributed by atoms with van der Waals surface area (Å²) >= 11 is 0. The van der Waals surface area contributed by atoms with Gasteiger partial charge in [0.25, 0.3) is 0 Å². The molecule has 0 spiro atoms. The van der Waals surface area contributed by atoms with Crippen molar-refractivity contribution in [2.75, 3.05) is 13.2 Å². The van der Waals surface area contributed by atoms with E-state index in [9.17, 15) is 14.4 Å². The second-order valence-corrected chi connectivity index (χ2v) is 8.44. The van der Waals surface area contributed by atoms with Crippen LogP contribution in [0, 0.1) is 5.41 Å². The molecule has 0 heterocycles. The molecule has 2 aliphatic rings. The molecule has 4 rings (SSSR count). The van der Waals surface area contributed by atoms with E-state index in [4.69, 9.17) is 9.84 Å². The van der Waals surface area contributed by atoms with E-state index in [1.165, 1.54) is 0 Å². The first-order valence-electron chi connectivity index (χ1n) is 10.5. The molecule has 31 heavy (non-hydrogen) atoms. The smallest absolute Gasteiger partial charge is 0.407 e. The van der Waals surface area contributed by atoms with Gasteiger partial charge in [0.2, 0.25) is 5.91 Å². The van der Waals surface area contributed by atoms with Crippen LogP contribution in [-0.2, 0) is 14.3 Å². The molecule has 2 aromatic carbocycles. The number of ether oxygens (including phenoxy) is 1. The predicted octanol–water partition coefficient (Wildman–Crippen LogP) is 3.28. The molecule has 0 saturated heterocycles. The largest absolute Gasteiger partial charge is 0.481 e. The Labute approximate surface area is 180 Å². The minimum absolute atomic E-state index is 0.0255. The highest BCUT2D eigenvalue weighted by Gasteiger charge is 2.50. The molecular weight excluding hydrogens is 396 g/mol. The van der Waals surface area contributed by atoms with Gasteiger partial charge >= 0.3 is 12.1 Å². The number of carbonyl (C=O) groups is 3. The highest BCUT2D eigenvalue weighted by atomic mass is 16.5. The average Bonchev–Trinajstić information content (AvgIpc) is 3.48. The molecule has 2 aromatic rings. The van der Waals surface area contributed by atoms with E-state index >= 15 is 0 Å². The van der Waals surface area contributed by atoms with Gasteiger partial charge in [-0.05, 0) is 42.0 Å². The lowest BCUT2D eigenvalue weighted by molar-refractivity contribution is -0.143. The van der Waals surface area contributed by atoms with Gasteiger partial charge in [0.15, 0.2) is 0 Å². The van der Waals surface area contributed by atoms with Crippen LogP contribution in [0.3, 0.4) is 0 Å². The number of rotatable bonds is 8. The van der Waals surface area contributed by atoms with Gasteiger partial charge in [0, 0.05) is 24.9 Å². The lowest BCUT2D eigenvalue weighted by Gasteiger charge is -2.17. The molecule has 1 saturated carbocycles. The minimum atomic E-state index is -0.877. The first-order chi connectivity index (χ1) is 14.9. The lowest BCUT2D eigenvalue weighted by atomic mass is 9.98. The second-order valence-electron chi connectivity index (χ2n) is 8.44. The molecule has 2 amide bonds. The number of carbonyl (C=O) groups excluding carboxylic acids is 2. The standard InChI is InChI=1S/C24H26N2O5/c1-15(12-21(27)25-14-24(10-11-24)22(28)29)26-23(30)31-13-20-18-8-4-2-6-16(18)17-7-3-5-9-19(17)20/h2-9,15,20H,10-14H2,1H3,(H,25,27)(H,26,30)(H,28,29)/t15-/m0/s1. The van der Waals surface area contributed by atoms with E-state index < -0.39 is 23.5 Å². The summed E-state index contributed by atoms with van der Waals surface area (Å²) in [5, 5.41) is 14.5. The van der Waals surface area contributed by atoms with Crippen molar-refractivity contribution < 1.29 is 24.2 Å². The summed E-state index contributed by atoms with van der Waals surface area (Å²) < 4.78 is 5.49. The monoisotopic (exact) mass is 422 g/mol. The molecule has 2 aliphatic carbocycles. The van der Waals surface area contributed by atoms with Crippen molar-refractivity contribution in [3.05, 3.63) is 59.7 Å². The van der Waals surface area contributed by atoms with Gasteiger partial charge in [-0.3, -0.25) is 9.59 Å². The van der Waals surface area contributed by atoms with Crippen LogP contribution in [-0.4, -0.2) is 42.3 Å². The summed E-state index contributed by atoms with van der Waals surface area (Å²) in [6, 6.07) is 15.8. The van der Waals surface area contributed by atoms with Crippen LogP contribution in [0.25, 0.3) is 11.1 Å². The minimum Gasteiger partial charge on any atom is -0.481 e. The van der Waals surface area contributed by atoms with Gasteiger partial charge in [-0.15, -0.1) is 0 Å². The first-order valence-corrected chi connectivity index (χ1v) is 10.5. The maximum Gasteiger partial charge on any atom is 0.407 e. The number of carboxylic acid groups (broad SMARTS) is 1. The van der Waals surface area contributed by atoms with Crippen molar-refractivity contribution in [2.24, 2.45) is 5.41 Å². The van der Waals surface area contributed by atoms with Gasteiger partial charge in [0.05, 0.1) is 5.41 Å². The fraction of sp³-hybridized carbons (Fsp3) is 0.375. The Bertz CT molecular complexity index is 969. The van der Waals surface area contributed by atoms with Crippen molar-refractivity contribution in [1.29, 1.82) is 0 Å². The van der Waals surface area contributed by atoms with Gasteiger partial charge in [0.1, 0.15) is 6.61 Å². The zero-order chi connectivity index (χ0) is 22.0. The highest BCUT2D eigenvalue weighted by molar-refractivity contribution is 5.82. The Kier molecular flexibility index (Phi) is 5.67. The number of fused-ring (bicyclic) bond motifs is 3. The van der Waals surface area contributed by atoms with Crippen molar-refractivity contribution in [3.63, 3.8) is 0 Å². The molecule has 162 valence electrons. The number of carboxylic acids is 1. The van der Waals surface area contributed by atoms with Crippen LogP contribution in [0.15, 0.2) is 48.5 Å².